The summed E-state index contributed by atoms with van der Waals surface area (Å²) in [7, 11) is 0. The Hall–Kier alpha value is -6.28. The van der Waals surface area contributed by atoms with Gasteiger partial charge in [-0.1, -0.05) is 13.2 Å². The molecule has 0 aromatic heterocycles. The molecule has 52 heavy (non-hydrogen) atoms. The third-order valence-electron chi connectivity index (χ3n) is 6.66. The summed E-state index contributed by atoms with van der Waals surface area (Å²) in [5.41, 5.74) is 0.902. The summed E-state index contributed by atoms with van der Waals surface area (Å²) in [6.07, 6.45) is 3.33. The van der Waals surface area contributed by atoms with Gasteiger partial charge < -0.3 is 37.9 Å². The minimum Gasteiger partial charge on any atom is -0.463 e. The number of rotatable bonds is 20. The fourth-order valence-corrected chi connectivity index (χ4v) is 4.01. The molecule has 0 amide bonds. The molecule has 0 aliphatic rings. The standard InChI is InChI=1S/C38H38O14/c1-4-33(39)46-21-7-6-20-45-25-35(41)49-29-14-10-27(11-15-29)36(42)50-31-18-19-32(26(3)24-31)52-37(43)28-12-16-30(17-13-28)51-38(44)48-23-9-8-22-47-34(40)5-2/h4-5,10-19,24H,1-2,6-9,20-23,25H2,3H3. The van der Waals surface area contributed by atoms with Crippen molar-refractivity contribution in [2.75, 3.05) is 33.0 Å². The Bertz CT molecular complexity index is 1710. The summed E-state index contributed by atoms with van der Waals surface area (Å²) < 4.78 is 41.2. The van der Waals surface area contributed by atoms with Crippen LogP contribution in [0.25, 0.3) is 0 Å². The SMILES string of the molecule is C=CC(=O)OCCCCOCC(=O)Oc1ccc(C(=O)Oc2ccc(OC(=O)c3ccc(OC(=O)OCCCCOC(=O)C=C)cc3)c(C)c2)cc1. The fraction of sp³-hybridized carbons (Fsp3) is 0.263. The highest BCUT2D eigenvalue weighted by molar-refractivity contribution is 5.92. The number of carbonyl (C=O) groups excluding carboxylic acids is 6. The molecule has 0 saturated carbocycles. The molecule has 0 unspecified atom stereocenters. The second-order valence-corrected chi connectivity index (χ2v) is 10.6. The highest BCUT2D eigenvalue weighted by Crippen LogP contribution is 2.26. The van der Waals surface area contributed by atoms with E-state index in [0.717, 1.165) is 12.2 Å². The van der Waals surface area contributed by atoms with E-state index < -0.39 is 36.0 Å². The van der Waals surface area contributed by atoms with E-state index in [1.165, 1.54) is 66.7 Å². The lowest BCUT2D eigenvalue weighted by molar-refractivity contribution is -0.140. The first-order chi connectivity index (χ1) is 25.1. The van der Waals surface area contributed by atoms with E-state index in [-0.39, 0.29) is 67.2 Å². The minimum absolute atomic E-state index is 0.0675. The van der Waals surface area contributed by atoms with Crippen molar-refractivity contribution < 1.29 is 66.7 Å². The van der Waals surface area contributed by atoms with Gasteiger partial charge in [0.25, 0.3) is 0 Å². The smallest absolute Gasteiger partial charge is 0.463 e. The predicted octanol–water partition coefficient (Wildman–Crippen LogP) is 5.89. The highest BCUT2D eigenvalue weighted by atomic mass is 16.7. The van der Waals surface area contributed by atoms with Crippen molar-refractivity contribution in [2.24, 2.45) is 0 Å². The molecule has 274 valence electrons. The van der Waals surface area contributed by atoms with Crippen LogP contribution in [0.1, 0.15) is 52.0 Å². The molecule has 14 heteroatoms. The van der Waals surface area contributed by atoms with Gasteiger partial charge in [-0.2, -0.15) is 0 Å². The second kappa shape index (κ2) is 21.7. The van der Waals surface area contributed by atoms with E-state index >= 15 is 0 Å². The van der Waals surface area contributed by atoms with Crippen LogP contribution in [0.3, 0.4) is 0 Å². The van der Waals surface area contributed by atoms with Crippen LogP contribution >= 0.6 is 0 Å². The van der Waals surface area contributed by atoms with Gasteiger partial charge in [-0.25, -0.2) is 28.8 Å². The lowest BCUT2D eigenvalue weighted by Crippen LogP contribution is -2.16. The zero-order valence-corrected chi connectivity index (χ0v) is 28.5. The Morgan fingerprint density at radius 1 is 0.558 bits per heavy atom. The maximum Gasteiger partial charge on any atom is 0.513 e. The Kier molecular flexibility index (Phi) is 16.8. The van der Waals surface area contributed by atoms with Crippen molar-refractivity contribution in [3.63, 3.8) is 0 Å². The number of ether oxygens (including phenoxy) is 8. The van der Waals surface area contributed by atoms with Crippen LogP contribution < -0.4 is 18.9 Å². The van der Waals surface area contributed by atoms with Crippen LogP contribution in [0.5, 0.6) is 23.0 Å². The summed E-state index contributed by atoms with van der Waals surface area (Å²) in [4.78, 5) is 71.3. The van der Waals surface area contributed by atoms with Crippen LogP contribution in [0.15, 0.2) is 92.0 Å². The zero-order chi connectivity index (χ0) is 37.7. The van der Waals surface area contributed by atoms with Gasteiger partial charge in [0.2, 0.25) is 0 Å². The molecule has 0 atom stereocenters. The third kappa shape index (κ3) is 14.7. The average molecular weight is 719 g/mol. The Balaban J connectivity index is 1.39. The van der Waals surface area contributed by atoms with Gasteiger partial charge >= 0.3 is 36.0 Å². The van der Waals surface area contributed by atoms with Crippen molar-refractivity contribution in [2.45, 2.75) is 32.6 Å². The van der Waals surface area contributed by atoms with E-state index in [0.29, 0.717) is 31.2 Å². The predicted molar refractivity (Wildman–Crippen MR) is 183 cm³/mol. The molecule has 0 fully saturated rings. The van der Waals surface area contributed by atoms with Crippen LogP contribution in [-0.4, -0.2) is 69.0 Å². The van der Waals surface area contributed by atoms with Crippen molar-refractivity contribution in [1.82, 2.24) is 0 Å². The largest absolute Gasteiger partial charge is 0.513 e. The van der Waals surface area contributed by atoms with Gasteiger partial charge in [-0.3, -0.25) is 0 Å². The Morgan fingerprint density at radius 3 is 1.58 bits per heavy atom. The van der Waals surface area contributed by atoms with Gasteiger partial charge in [0, 0.05) is 18.8 Å². The monoisotopic (exact) mass is 718 g/mol. The fourth-order valence-electron chi connectivity index (χ4n) is 4.01. The molecule has 0 aliphatic carbocycles. The number of esters is 5. The molecule has 0 heterocycles. The number of unbranched alkanes of at least 4 members (excludes halogenated alkanes) is 2. The van der Waals surface area contributed by atoms with Gasteiger partial charge in [0.05, 0.1) is 30.9 Å². The molecular weight excluding hydrogens is 680 g/mol. The van der Waals surface area contributed by atoms with Crippen molar-refractivity contribution in [3.8, 4) is 23.0 Å². The van der Waals surface area contributed by atoms with E-state index in [4.69, 9.17) is 37.9 Å². The molecule has 0 saturated heterocycles. The molecule has 0 radical (unpaired) electrons. The van der Waals surface area contributed by atoms with Crippen LogP contribution in [0.2, 0.25) is 0 Å². The number of hydrogen-bond donors (Lipinski definition) is 0. The van der Waals surface area contributed by atoms with E-state index in [9.17, 15) is 28.8 Å². The summed E-state index contributed by atoms with van der Waals surface area (Å²) in [6.45, 7) is 8.76. The maximum atomic E-state index is 12.7. The van der Waals surface area contributed by atoms with E-state index in [2.05, 4.69) is 13.2 Å². The molecule has 0 spiro atoms. The zero-order valence-electron chi connectivity index (χ0n) is 28.5. The van der Waals surface area contributed by atoms with Crippen molar-refractivity contribution in [3.05, 3.63) is 109 Å². The molecule has 3 aromatic carbocycles. The molecule has 0 bridgehead atoms. The molecule has 14 nitrogen and oxygen atoms in total. The number of hydrogen-bond acceptors (Lipinski definition) is 14. The molecular formula is C38H38O14. The van der Waals surface area contributed by atoms with Gasteiger partial charge in [-0.05, 0) is 105 Å². The first kappa shape index (κ1) is 40.2. The summed E-state index contributed by atoms with van der Waals surface area (Å²) >= 11 is 0. The summed E-state index contributed by atoms with van der Waals surface area (Å²) in [6, 6.07) is 15.9. The van der Waals surface area contributed by atoms with E-state index in [1.54, 1.807) is 6.92 Å². The summed E-state index contributed by atoms with van der Waals surface area (Å²) in [5.74, 6) is -2.18. The Morgan fingerprint density at radius 2 is 1.04 bits per heavy atom. The van der Waals surface area contributed by atoms with E-state index in [1.807, 2.05) is 0 Å². The van der Waals surface area contributed by atoms with Gasteiger partial charge in [0.15, 0.2) is 0 Å². The van der Waals surface area contributed by atoms with Crippen LogP contribution in [0.4, 0.5) is 4.79 Å². The Labute approximate surface area is 299 Å². The molecule has 0 aliphatic heterocycles. The lowest BCUT2D eigenvalue weighted by atomic mass is 10.2. The molecule has 0 N–H and O–H groups in total. The molecule has 3 rings (SSSR count). The van der Waals surface area contributed by atoms with Gasteiger partial charge in [-0.15, -0.1) is 0 Å². The van der Waals surface area contributed by atoms with Gasteiger partial charge in [0.1, 0.15) is 29.6 Å². The topological polar surface area (TPSA) is 176 Å². The average Bonchev–Trinajstić information content (AvgIpc) is 3.13. The van der Waals surface area contributed by atoms with Crippen molar-refractivity contribution >= 4 is 36.0 Å². The normalized spacial score (nSPS) is 10.2. The first-order valence-corrected chi connectivity index (χ1v) is 16.0. The lowest BCUT2D eigenvalue weighted by Gasteiger charge is -2.11. The minimum atomic E-state index is -0.925. The van der Waals surface area contributed by atoms with Crippen LogP contribution in [-0.2, 0) is 33.3 Å². The summed E-state index contributed by atoms with van der Waals surface area (Å²) in [5, 5.41) is 0. The first-order valence-electron chi connectivity index (χ1n) is 16.0. The second-order valence-electron chi connectivity index (χ2n) is 10.6. The molecule has 3 aromatic rings. The maximum absolute atomic E-state index is 12.7. The number of benzene rings is 3. The quantitative estimate of drug-likeness (QED) is 0.0337. The number of aryl methyl sites for hydroxylation is 1. The van der Waals surface area contributed by atoms with Crippen molar-refractivity contribution in [1.29, 1.82) is 0 Å². The third-order valence-corrected chi connectivity index (χ3v) is 6.66. The highest BCUT2D eigenvalue weighted by Gasteiger charge is 2.15. The number of carbonyl (C=O) groups is 6. The van der Waals surface area contributed by atoms with Crippen LogP contribution in [0, 0.1) is 6.92 Å².